The van der Waals surface area contributed by atoms with Crippen LogP contribution in [-0.4, -0.2) is 43.1 Å². The van der Waals surface area contributed by atoms with Crippen molar-refractivity contribution in [3.8, 4) is 28.6 Å². The van der Waals surface area contributed by atoms with Crippen LogP contribution in [0.15, 0.2) is 72.0 Å². The van der Waals surface area contributed by atoms with Crippen LogP contribution in [0.4, 0.5) is 18.9 Å². The molecule has 224 valence electrons. The molecular weight excluding hydrogens is 579 g/mol. The van der Waals surface area contributed by atoms with E-state index in [4.69, 9.17) is 0 Å². The lowest BCUT2D eigenvalue weighted by atomic mass is 9.98. The van der Waals surface area contributed by atoms with Crippen molar-refractivity contribution in [3.05, 3.63) is 78.0 Å². The van der Waals surface area contributed by atoms with Crippen molar-refractivity contribution in [3.63, 3.8) is 0 Å². The molecule has 0 saturated heterocycles. The summed E-state index contributed by atoms with van der Waals surface area (Å²) in [6, 6.07) is 18.4. The molecule has 43 heavy (non-hydrogen) atoms. The summed E-state index contributed by atoms with van der Waals surface area (Å²) in [6.07, 6.45) is -3.23. The zero-order chi connectivity index (χ0) is 30.9. The molecule has 0 fully saturated rings. The minimum Gasteiger partial charge on any atom is -0.507 e. The Hall–Kier alpha value is -4.45. The summed E-state index contributed by atoms with van der Waals surface area (Å²) in [5.41, 5.74) is 4.37. The third kappa shape index (κ3) is 6.19. The first-order chi connectivity index (χ1) is 20.5. The van der Waals surface area contributed by atoms with E-state index in [1.807, 2.05) is 77.8 Å². The number of phenols is 1. The summed E-state index contributed by atoms with van der Waals surface area (Å²) in [5, 5.41) is 24.9. The Balaban J connectivity index is 1.62. The molecule has 0 aliphatic carbocycles. The smallest absolute Gasteiger partial charge is 0.491 e. The van der Waals surface area contributed by atoms with Gasteiger partial charge in [-0.2, -0.15) is 13.2 Å². The number of phenolic OH excluding ortho intramolecular Hbond substituents is 1. The molecule has 0 bridgehead atoms. The highest BCUT2D eigenvalue weighted by molar-refractivity contribution is 7.98. The van der Waals surface area contributed by atoms with Crippen LogP contribution >= 0.6 is 11.8 Å². The van der Waals surface area contributed by atoms with Gasteiger partial charge in [-0.3, -0.25) is 4.57 Å². The number of esters is 1. The fourth-order valence-corrected chi connectivity index (χ4v) is 5.75. The zero-order valence-corrected chi connectivity index (χ0v) is 24.8. The molecule has 12 heteroatoms. The Kier molecular flexibility index (Phi) is 8.41. The number of aromatic hydroxyl groups is 1. The molecule has 0 aliphatic heterocycles. The van der Waals surface area contributed by atoms with Crippen LogP contribution < -0.4 is 10.1 Å². The van der Waals surface area contributed by atoms with Crippen LogP contribution in [-0.2, 0) is 17.6 Å². The van der Waals surface area contributed by atoms with Gasteiger partial charge in [-0.15, -0.1) is 10.2 Å². The molecule has 0 aliphatic rings. The summed E-state index contributed by atoms with van der Waals surface area (Å²) in [4.78, 5) is 11.6. The molecule has 0 amide bonds. The van der Waals surface area contributed by atoms with Gasteiger partial charge in [0.25, 0.3) is 0 Å². The fourth-order valence-electron chi connectivity index (χ4n) is 4.79. The maximum atomic E-state index is 13.0. The van der Waals surface area contributed by atoms with Gasteiger partial charge in [-0.05, 0) is 60.4 Å². The maximum Gasteiger partial charge on any atom is 0.491 e. The van der Waals surface area contributed by atoms with Gasteiger partial charge >= 0.3 is 12.1 Å². The van der Waals surface area contributed by atoms with E-state index >= 15 is 0 Å². The van der Waals surface area contributed by atoms with Crippen molar-refractivity contribution in [1.82, 2.24) is 19.3 Å². The first-order valence-corrected chi connectivity index (χ1v) is 14.6. The van der Waals surface area contributed by atoms with Gasteiger partial charge in [0.2, 0.25) is 0 Å². The number of ether oxygens (including phenoxy) is 1. The number of aryl methyl sites for hydroxylation is 1. The van der Waals surface area contributed by atoms with Crippen LogP contribution in [0.2, 0.25) is 0 Å². The van der Waals surface area contributed by atoms with Gasteiger partial charge in [0.15, 0.2) is 11.0 Å². The van der Waals surface area contributed by atoms with Crippen LogP contribution in [0.1, 0.15) is 37.8 Å². The lowest BCUT2D eigenvalue weighted by molar-refractivity contribution is -0.189. The van der Waals surface area contributed by atoms with Gasteiger partial charge in [0.1, 0.15) is 11.5 Å². The maximum absolute atomic E-state index is 13.0. The third-order valence-electron chi connectivity index (χ3n) is 6.93. The average molecular weight is 610 g/mol. The highest BCUT2D eigenvalue weighted by Gasteiger charge is 2.42. The number of thioether (sulfide) groups is 1. The Bertz CT molecular complexity index is 1800. The molecule has 0 spiro atoms. The van der Waals surface area contributed by atoms with Crippen LogP contribution in [0.3, 0.4) is 0 Å². The number of anilines is 1. The average Bonchev–Trinajstić information content (AvgIpc) is 3.55. The Morgan fingerprint density at radius 2 is 1.86 bits per heavy atom. The summed E-state index contributed by atoms with van der Waals surface area (Å²) < 4.78 is 47.4. The summed E-state index contributed by atoms with van der Waals surface area (Å²) in [7, 11) is 1.95. The van der Waals surface area contributed by atoms with Gasteiger partial charge < -0.3 is 19.7 Å². The van der Waals surface area contributed by atoms with Crippen molar-refractivity contribution in [1.29, 1.82) is 0 Å². The molecule has 2 aromatic heterocycles. The van der Waals surface area contributed by atoms with Gasteiger partial charge in [-0.25, -0.2) is 4.79 Å². The topological polar surface area (TPSA) is 94.2 Å². The van der Waals surface area contributed by atoms with Gasteiger partial charge in [-0.1, -0.05) is 43.8 Å². The molecule has 0 unspecified atom stereocenters. The van der Waals surface area contributed by atoms with E-state index in [1.165, 1.54) is 17.8 Å². The first-order valence-electron chi connectivity index (χ1n) is 13.6. The number of carbonyl (C=O) groups excluding carboxylic acids is 1. The predicted molar refractivity (Wildman–Crippen MR) is 161 cm³/mol. The SMILES string of the molecule is CCNc1ccccc1CSc1nnc(-c2cc(C(C)C)c(OC(=O)C(F)(F)F)cc2O)n1-c1ccc2c(ccn2C)c1. The van der Waals surface area contributed by atoms with E-state index in [1.54, 1.807) is 13.8 Å². The molecule has 5 rings (SSSR count). The molecule has 8 nitrogen and oxygen atoms in total. The molecule has 2 N–H and O–H groups in total. The lowest BCUT2D eigenvalue weighted by Gasteiger charge is -2.17. The number of nitrogens with zero attached hydrogens (tertiary/aromatic N) is 4. The minimum atomic E-state index is -5.18. The molecule has 5 aromatic rings. The summed E-state index contributed by atoms with van der Waals surface area (Å²) in [5.74, 6) is -2.63. The van der Waals surface area contributed by atoms with Crippen LogP contribution in [0.5, 0.6) is 11.5 Å². The predicted octanol–water partition coefficient (Wildman–Crippen LogP) is 7.45. The number of hydrogen-bond donors (Lipinski definition) is 2. The molecule has 3 aromatic carbocycles. The highest BCUT2D eigenvalue weighted by Crippen LogP contribution is 2.41. The second-order valence-electron chi connectivity index (χ2n) is 10.2. The lowest BCUT2D eigenvalue weighted by Crippen LogP contribution is -2.28. The fraction of sp³-hybridized carbons (Fsp3) is 0.258. The monoisotopic (exact) mass is 609 g/mol. The van der Waals surface area contributed by atoms with E-state index < -0.39 is 17.9 Å². The minimum absolute atomic E-state index is 0.232. The summed E-state index contributed by atoms with van der Waals surface area (Å²) >= 11 is 1.46. The number of nitrogens with one attached hydrogen (secondary N) is 1. The van der Waals surface area contributed by atoms with Crippen molar-refractivity contribution < 1.29 is 27.8 Å². The van der Waals surface area contributed by atoms with E-state index in [0.29, 0.717) is 16.5 Å². The van der Waals surface area contributed by atoms with Crippen LogP contribution in [0, 0.1) is 0 Å². The largest absolute Gasteiger partial charge is 0.507 e. The second kappa shape index (κ2) is 12.0. The quantitative estimate of drug-likeness (QED) is 0.102. The summed E-state index contributed by atoms with van der Waals surface area (Å²) in [6.45, 7) is 6.29. The molecule has 0 saturated carbocycles. The number of alkyl halides is 3. The second-order valence-corrected chi connectivity index (χ2v) is 11.2. The number of aromatic nitrogens is 4. The van der Waals surface area contributed by atoms with E-state index in [2.05, 4.69) is 20.3 Å². The third-order valence-corrected chi connectivity index (χ3v) is 7.90. The van der Waals surface area contributed by atoms with E-state index in [-0.39, 0.29) is 23.1 Å². The highest BCUT2D eigenvalue weighted by atomic mass is 32.2. The van der Waals surface area contributed by atoms with Crippen LogP contribution in [0.25, 0.3) is 28.0 Å². The van der Waals surface area contributed by atoms with Gasteiger partial charge in [0.05, 0.1) is 11.3 Å². The Morgan fingerprint density at radius 3 is 2.58 bits per heavy atom. The molecular formula is C31H30F3N5O3S. The van der Waals surface area contributed by atoms with Gasteiger partial charge in [0, 0.05) is 48.2 Å². The Morgan fingerprint density at radius 1 is 1.09 bits per heavy atom. The first kappa shape index (κ1) is 30.0. The number of para-hydroxylation sites is 1. The van der Waals surface area contributed by atoms with E-state index in [9.17, 15) is 23.1 Å². The van der Waals surface area contributed by atoms with E-state index in [0.717, 1.165) is 40.5 Å². The number of benzene rings is 3. The normalized spacial score (nSPS) is 11.8. The molecule has 2 heterocycles. The van der Waals surface area contributed by atoms with Crippen molar-refractivity contribution in [2.75, 3.05) is 11.9 Å². The van der Waals surface area contributed by atoms with Crippen molar-refractivity contribution in [2.24, 2.45) is 7.05 Å². The van der Waals surface area contributed by atoms with Crippen molar-refractivity contribution in [2.45, 2.75) is 43.8 Å². The number of carbonyl (C=O) groups is 1. The number of hydrogen-bond acceptors (Lipinski definition) is 7. The number of halogens is 3. The molecule has 0 atom stereocenters. The number of rotatable bonds is 9. The number of fused-ring (bicyclic) bond motifs is 1. The Labute approximate surface area is 250 Å². The zero-order valence-electron chi connectivity index (χ0n) is 23.9. The standard InChI is InChI=1S/C31H30F3N5O3S/c1-5-35-24-9-7-6-8-20(24)17-43-30-37-36-28(39(30)21-10-11-25-19(14-21)12-13-38(25)4)23-15-22(18(2)3)27(16-26(23)40)42-29(41)31(32,33)34/h6-16,18,35,40H,5,17H2,1-4H3. The molecule has 0 radical (unpaired) electrons. The van der Waals surface area contributed by atoms with Crippen molar-refractivity contribution >= 4 is 34.3 Å².